The van der Waals surface area contributed by atoms with Gasteiger partial charge in [0.05, 0.1) is 0 Å². The van der Waals surface area contributed by atoms with Crippen molar-refractivity contribution >= 4 is 0 Å². The molecule has 2 fully saturated rings. The quantitative estimate of drug-likeness (QED) is 0.743. The third-order valence-corrected chi connectivity index (χ3v) is 4.33. The van der Waals surface area contributed by atoms with Gasteiger partial charge in [-0.1, -0.05) is 33.1 Å². The molecule has 17 heavy (non-hydrogen) atoms. The summed E-state index contributed by atoms with van der Waals surface area (Å²) in [5, 5.41) is 0. The lowest BCUT2D eigenvalue weighted by molar-refractivity contribution is 0.102. The second kappa shape index (κ2) is 6.75. The van der Waals surface area contributed by atoms with E-state index >= 15 is 0 Å². The number of hydrogen-bond donors (Lipinski definition) is 0. The molecule has 2 rings (SSSR count). The SMILES string of the molecule is CC(C)CN1CCN(CC2CCCCC2)CC1. The van der Waals surface area contributed by atoms with Crippen LogP contribution < -0.4 is 0 Å². The Morgan fingerprint density at radius 2 is 1.47 bits per heavy atom. The smallest absolute Gasteiger partial charge is 0.0110 e. The zero-order valence-electron chi connectivity index (χ0n) is 11.8. The molecule has 0 radical (unpaired) electrons. The molecule has 0 unspecified atom stereocenters. The van der Waals surface area contributed by atoms with Crippen LogP contribution in [0.25, 0.3) is 0 Å². The molecule has 1 aliphatic carbocycles. The largest absolute Gasteiger partial charge is 0.301 e. The van der Waals surface area contributed by atoms with Crippen LogP contribution in [0.4, 0.5) is 0 Å². The number of hydrogen-bond acceptors (Lipinski definition) is 2. The highest BCUT2D eigenvalue weighted by atomic mass is 15.3. The predicted octanol–water partition coefficient (Wildman–Crippen LogP) is 2.84. The van der Waals surface area contributed by atoms with Gasteiger partial charge in [0.2, 0.25) is 0 Å². The molecule has 1 saturated heterocycles. The van der Waals surface area contributed by atoms with Crippen molar-refractivity contribution in [1.82, 2.24) is 9.80 Å². The Morgan fingerprint density at radius 1 is 0.882 bits per heavy atom. The highest BCUT2D eigenvalue weighted by molar-refractivity contribution is 4.76. The zero-order valence-corrected chi connectivity index (χ0v) is 11.8. The Labute approximate surface area is 107 Å². The lowest BCUT2D eigenvalue weighted by Gasteiger charge is -2.37. The molecule has 2 aliphatic rings. The molecule has 2 heteroatoms. The van der Waals surface area contributed by atoms with Crippen molar-refractivity contribution in [2.24, 2.45) is 11.8 Å². The summed E-state index contributed by atoms with van der Waals surface area (Å²) >= 11 is 0. The normalized spacial score (nSPS) is 25.6. The van der Waals surface area contributed by atoms with Crippen molar-refractivity contribution in [3.63, 3.8) is 0 Å². The van der Waals surface area contributed by atoms with Crippen LogP contribution in [0, 0.1) is 11.8 Å². The molecule has 0 amide bonds. The minimum absolute atomic E-state index is 0.819. The fraction of sp³-hybridized carbons (Fsp3) is 1.00. The summed E-state index contributed by atoms with van der Waals surface area (Å²) in [4.78, 5) is 5.36. The van der Waals surface area contributed by atoms with Crippen LogP contribution >= 0.6 is 0 Å². The van der Waals surface area contributed by atoms with E-state index in [1.807, 2.05) is 0 Å². The average Bonchev–Trinajstić information content (AvgIpc) is 2.32. The fourth-order valence-electron chi connectivity index (χ4n) is 3.41. The summed E-state index contributed by atoms with van der Waals surface area (Å²) in [5.74, 6) is 1.83. The maximum absolute atomic E-state index is 2.72. The van der Waals surface area contributed by atoms with E-state index in [4.69, 9.17) is 0 Å². The summed E-state index contributed by atoms with van der Waals surface area (Å²) in [7, 11) is 0. The minimum Gasteiger partial charge on any atom is -0.301 e. The summed E-state index contributed by atoms with van der Waals surface area (Å²) in [6.45, 7) is 12.5. The Hall–Kier alpha value is -0.0800. The standard InChI is InChI=1S/C15H30N2/c1-14(2)12-16-8-10-17(11-9-16)13-15-6-4-3-5-7-15/h14-15H,3-13H2,1-2H3. The lowest BCUT2D eigenvalue weighted by atomic mass is 9.89. The molecule has 1 aliphatic heterocycles. The molecular weight excluding hydrogens is 208 g/mol. The van der Waals surface area contributed by atoms with Crippen molar-refractivity contribution in [2.45, 2.75) is 46.0 Å². The molecule has 1 heterocycles. The Morgan fingerprint density at radius 3 is 2.06 bits per heavy atom. The van der Waals surface area contributed by atoms with E-state index in [1.165, 1.54) is 71.4 Å². The van der Waals surface area contributed by atoms with E-state index in [-0.39, 0.29) is 0 Å². The molecule has 0 bridgehead atoms. The van der Waals surface area contributed by atoms with Gasteiger partial charge in [-0.25, -0.2) is 0 Å². The third kappa shape index (κ3) is 4.59. The van der Waals surface area contributed by atoms with E-state index in [0.29, 0.717) is 0 Å². The first-order valence-electron chi connectivity index (χ1n) is 7.69. The van der Waals surface area contributed by atoms with Crippen LogP contribution in [-0.2, 0) is 0 Å². The Balaban J connectivity index is 1.64. The van der Waals surface area contributed by atoms with Crippen LogP contribution in [0.3, 0.4) is 0 Å². The number of rotatable bonds is 4. The van der Waals surface area contributed by atoms with Gasteiger partial charge in [0, 0.05) is 39.3 Å². The van der Waals surface area contributed by atoms with Crippen LogP contribution in [0.1, 0.15) is 46.0 Å². The van der Waals surface area contributed by atoms with Gasteiger partial charge >= 0.3 is 0 Å². The van der Waals surface area contributed by atoms with Gasteiger partial charge in [-0.3, -0.25) is 0 Å². The van der Waals surface area contributed by atoms with E-state index < -0.39 is 0 Å². The maximum atomic E-state index is 2.72. The van der Waals surface area contributed by atoms with Crippen LogP contribution in [0.15, 0.2) is 0 Å². The molecule has 0 aromatic rings. The average molecular weight is 238 g/mol. The summed E-state index contributed by atoms with van der Waals surface area (Å²) in [6.07, 6.45) is 7.44. The van der Waals surface area contributed by atoms with Gasteiger partial charge in [0.15, 0.2) is 0 Å². The maximum Gasteiger partial charge on any atom is 0.0110 e. The minimum atomic E-state index is 0.819. The first-order chi connectivity index (χ1) is 8.24. The molecule has 0 spiro atoms. The van der Waals surface area contributed by atoms with Crippen LogP contribution in [0.2, 0.25) is 0 Å². The molecule has 0 aromatic heterocycles. The third-order valence-electron chi connectivity index (χ3n) is 4.33. The molecule has 2 nitrogen and oxygen atoms in total. The first-order valence-corrected chi connectivity index (χ1v) is 7.69. The molecule has 0 atom stereocenters. The topological polar surface area (TPSA) is 6.48 Å². The van der Waals surface area contributed by atoms with Gasteiger partial charge < -0.3 is 9.80 Å². The van der Waals surface area contributed by atoms with Crippen molar-refractivity contribution < 1.29 is 0 Å². The molecule has 1 saturated carbocycles. The molecule has 100 valence electrons. The molecular formula is C15H30N2. The lowest BCUT2D eigenvalue weighted by Crippen LogP contribution is -2.48. The summed E-state index contributed by atoms with van der Waals surface area (Å²) in [5.41, 5.74) is 0. The molecule has 0 aromatic carbocycles. The van der Waals surface area contributed by atoms with Gasteiger partial charge in [-0.05, 0) is 24.7 Å². The van der Waals surface area contributed by atoms with Gasteiger partial charge in [0.25, 0.3) is 0 Å². The highest BCUT2D eigenvalue weighted by Crippen LogP contribution is 2.24. The second-order valence-electron chi connectivity index (χ2n) is 6.50. The van der Waals surface area contributed by atoms with Crippen molar-refractivity contribution in [2.75, 3.05) is 39.3 Å². The van der Waals surface area contributed by atoms with E-state index in [0.717, 1.165) is 11.8 Å². The summed E-state index contributed by atoms with van der Waals surface area (Å²) < 4.78 is 0. The van der Waals surface area contributed by atoms with Gasteiger partial charge in [0.1, 0.15) is 0 Å². The van der Waals surface area contributed by atoms with E-state index in [1.54, 1.807) is 0 Å². The highest BCUT2D eigenvalue weighted by Gasteiger charge is 2.21. The van der Waals surface area contributed by atoms with Crippen molar-refractivity contribution in [1.29, 1.82) is 0 Å². The molecule has 0 N–H and O–H groups in total. The van der Waals surface area contributed by atoms with Gasteiger partial charge in [-0.2, -0.15) is 0 Å². The van der Waals surface area contributed by atoms with E-state index in [2.05, 4.69) is 23.6 Å². The monoisotopic (exact) mass is 238 g/mol. The second-order valence-corrected chi connectivity index (χ2v) is 6.50. The first kappa shape index (κ1) is 13.4. The van der Waals surface area contributed by atoms with Crippen molar-refractivity contribution in [3.8, 4) is 0 Å². The zero-order chi connectivity index (χ0) is 12.1. The van der Waals surface area contributed by atoms with Crippen LogP contribution in [0.5, 0.6) is 0 Å². The Bertz CT molecular complexity index is 201. The fourth-order valence-corrected chi connectivity index (χ4v) is 3.41. The Kier molecular flexibility index (Phi) is 5.30. The van der Waals surface area contributed by atoms with Crippen LogP contribution in [-0.4, -0.2) is 49.1 Å². The number of piperazine rings is 1. The predicted molar refractivity (Wildman–Crippen MR) is 74.3 cm³/mol. The summed E-state index contributed by atoms with van der Waals surface area (Å²) in [6, 6.07) is 0. The van der Waals surface area contributed by atoms with E-state index in [9.17, 15) is 0 Å². The van der Waals surface area contributed by atoms with Gasteiger partial charge in [-0.15, -0.1) is 0 Å². The number of nitrogens with zero attached hydrogens (tertiary/aromatic N) is 2. The van der Waals surface area contributed by atoms with Crippen molar-refractivity contribution in [3.05, 3.63) is 0 Å².